The van der Waals surface area contributed by atoms with E-state index in [4.69, 9.17) is 0 Å². The average molecular weight is 204 g/mol. The second-order valence-corrected chi connectivity index (χ2v) is 6.00. The van der Waals surface area contributed by atoms with Gasteiger partial charge in [-0.15, -0.1) is 0 Å². The fraction of sp³-hybridized carbons (Fsp3) is 1.00. The van der Waals surface area contributed by atoms with Crippen LogP contribution < -0.4 is 10.0 Å². The van der Waals surface area contributed by atoms with Crippen molar-refractivity contribution in [3.8, 4) is 0 Å². The van der Waals surface area contributed by atoms with Crippen LogP contribution in [0.25, 0.3) is 0 Å². The summed E-state index contributed by atoms with van der Waals surface area (Å²) in [6.45, 7) is 2.09. The Morgan fingerprint density at radius 3 is 2.62 bits per heavy atom. The lowest BCUT2D eigenvalue weighted by Gasteiger charge is -2.10. The van der Waals surface area contributed by atoms with Crippen LogP contribution in [0.15, 0.2) is 0 Å². The second-order valence-electron chi connectivity index (χ2n) is 3.95. The molecule has 0 amide bonds. The molecule has 2 fully saturated rings. The van der Waals surface area contributed by atoms with Gasteiger partial charge in [0.2, 0.25) is 10.0 Å². The van der Waals surface area contributed by atoms with E-state index in [-0.39, 0.29) is 5.25 Å². The van der Waals surface area contributed by atoms with E-state index in [1.54, 1.807) is 0 Å². The molecule has 1 unspecified atom stereocenters. The van der Waals surface area contributed by atoms with Crippen LogP contribution in [0.5, 0.6) is 0 Å². The molecule has 1 aliphatic carbocycles. The zero-order valence-corrected chi connectivity index (χ0v) is 8.44. The second kappa shape index (κ2) is 3.55. The van der Waals surface area contributed by atoms with Crippen molar-refractivity contribution in [3.63, 3.8) is 0 Å². The molecule has 1 saturated heterocycles. The highest BCUT2D eigenvalue weighted by Gasteiger charge is 2.30. The first-order valence-electron chi connectivity index (χ1n) is 4.88. The molecule has 0 aromatic carbocycles. The van der Waals surface area contributed by atoms with Crippen molar-refractivity contribution in [1.82, 2.24) is 10.0 Å². The summed E-state index contributed by atoms with van der Waals surface area (Å²) in [6, 6.07) is 0. The SMILES string of the molecule is O=S(=O)(NCC1CC1)C1CCNC1. The number of hydrogen-bond donors (Lipinski definition) is 2. The quantitative estimate of drug-likeness (QED) is 0.660. The summed E-state index contributed by atoms with van der Waals surface area (Å²) < 4.78 is 25.9. The van der Waals surface area contributed by atoms with Gasteiger partial charge in [-0.05, 0) is 31.7 Å². The molecular weight excluding hydrogens is 188 g/mol. The van der Waals surface area contributed by atoms with Gasteiger partial charge in [-0.25, -0.2) is 13.1 Å². The molecule has 1 heterocycles. The Morgan fingerprint density at radius 2 is 2.08 bits per heavy atom. The first kappa shape index (κ1) is 9.43. The first-order valence-corrected chi connectivity index (χ1v) is 6.42. The van der Waals surface area contributed by atoms with E-state index in [2.05, 4.69) is 10.0 Å². The van der Waals surface area contributed by atoms with Gasteiger partial charge in [0.05, 0.1) is 5.25 Å². The lowest BCUT2D eigenvalue weighted by Crippen LogP contribution is -2.36. The van der Waals surface area contributed by atoms with E-state index >= 15 is 0 Å². The van der Waals surface area contributed by atoms with Crippen molar-refractivity contribution >= 4 is 10.0 Å². The number of sulfonamides is 1. The summed E-state index contributed by atoms with van der Waals surface area (Å²) in [5.74, 6) is 0.615. The predicted octanol–water partition coefficient (Wildman–Crippen LogP) is -0.322. The minimum absolute atomic E-state index is 0.203. The van der Waals surface area contributed by atoms with E-state index in [1.165, 1.54) is 12.8 Å². The molecule has 1 atom stereocenters. The molecule has 0 aromatic rings. The highest BCUT2D eigenvalue weighted by atomic mass is 32.2. The Hall–Kier alpha value is -0.130. The van der Waals surface area contributed by atoms with Gasteiger partial charge in [-0.2, -0.15) is 0 Å². The Labute approximate surface area is 79.1 Å². The topological polar surface area (TPSA) is 58.2 Å². The smallest absolute Gasteiger partial charge is 0.215 e. The van der Waals surface area contributed by atoms with Gasteiger partial charge in [0.1, 0.15) is 0 Å². The summed E-state index contributed by atoms with van der Waals surface area (Å²) in [6.07, 6.45) is 3.12. The number of hydrogen-bond acceptors (Lipinski definition) is 3. The molecule has 0 aromatic heterocycles. The molecule has 5 heteroatoms. The monoisotopic (exact) mass is 204 g/mol. The highest BCUT2D eigenvalue weighted by Crippen LogP contribution is 2.28. The van der Waals surface area contributed by atoms with Gasteiger partial charge in [0.25, 0.3) is 0 Å². The van der Waals surface area contributed by atoms with E-state index < -0.39 is 10.0 Å². The van der Waals surface area contributed by atoms with Crippen LogP contribution in [-0.4, -0.2) is 33.3 Å². The van der Waals surface area contributed by atoms with Gasteiger partial charge < -0.3 is 5.32 Å². The summed E-state index contributed by atoms with van der Waals surface area (Å²) in [5, 5.41) is 2.86. The van der Waals surface area contributed by atoms with Crippen LogP contribution in [0.2, 0.25) is 0 Å². The van der Waals surface area contributed by atoms with Gasteiger partial charge in [0, 0.05) is 13.1 Å². The van der Waals surface area contributed by atoms with Crippen LogP contribution in [-0.2, 0) is 10.0 Å². The van der Waals surface area contributed by atoms with E-state index in [0.29, 0.717) is 19.0 Å². The molecular formula is C8H16N2O2S. The Morgan fingerprint density at radius 1 is 1.31 bits per heavy atom. The molecule has 4 nitrogen and oxygen atoms in total. The standard InChI is InChI=1S/C8H16N2O2S/c11-13(12,8-3-4-9-6-8)10-5-7-1-2-7/h7-10H,1-6H2. The highest BCUT2D eigenvalue weighted by molar-refractivity contribution is 7.90. The number of nitrogens with one attached hydrogen (secondary N) is 2. The van der Waals surface area contributed by atoms with Crippen molar-refractivity contribution in [2.75, 3.05) is 19.6 Å². The van der Waals surface area contributed by atoms with Crippen LogP contribution in [0.4, 0.5) is 0 Å². The minimum atomic E-state index is -3.03. The average Bonchev–Trinajstić information content (AvgIpc) is 2.74. The largest absolute Gasteiger partial charge is 0.315 e. The molecule has 2 rings (SSSR count). The first-order chi connectivity index (χ1) is 6.18. The third-order valence-corrected chi connectivity index (χ3v) is 4.57. The molecule has 1 aliphatic heterocycles. The summed E-state index contributed by atoms with van der Waals surface area (Å²) in [4.78, 5) is 0. The minimum Gasteiger partial charge on any atom is -0.315 e. The predicted molar refractivity (Wildman–Crippen MR) is 50.9 cm³/mol. The maximum atomic E-state index is 11.6. The van der Waals surface area contributed by atoms with Crippen LogP contribution >= 0.6 is 0 Å². The van der Waals surface area contributed by atoms with Crippen molar-refractivity contribution in [3.05, 3.63) is 0 Å². The molecule has 1 saturated carbocycles. The summed E-state index contributed by atoms with van der Waals surface area (Å²) >= 11 is 0. The lowest BCUT2D eigenvalue weighted by atomic mass is 10.4. The lowest BCUT2D eigenvalue weighted by molar-refractivity contribution is 0.564. The Kier molecular flexibility index (Phi) is 2.58. The molecule has 76 valence electrons. The van der Waals surface area contributed by atoms with Gasteiger partial charge in [-0.1, -0.05) is 0 Å². The van der Waals surface area contributed by atoms with E-state index in [0.717, 1.165) is 13.0 Å². The third kappa shape index (κ3) is 2.42. The zero-order chi connectivity index (χ0) is 9.31. The molecule has 0 bridgehead atoms. The molecule has 2 aliphatic rings. The molecule has 2 N–H and O–H groups in total. The van der Waals surface area contributed by atoms with Crippen molar-refractivity contribution in [2.24, 2.45) is 5.92 Å². The van der Waals surface area contributed by atoms with E-state index in [9.17, 15) is 8.42 Å². The maximum absolute atomic E-state index is 11.6. The van der Waals surface area contributed by atoms with Crippen molar-refractivity contribution in [1.29, 1.82) is 0 Å². The van der Waals surface area contributed by atoms with Crippen molar-refractivity contribution < 1.29 is 8.42 Å². The number of rotatable bonds is 4. The van der Waals surface area contributed by atoms with Gasteiger partial charge in [0.15, 0.2) is 0 Å². The maximum Gasteiger partial charge on any atom is 0.215 e. The fourth-order valence-corrected chi connectivity index (χ4v) is 3.04. The Balaban J connectivity index is 1.85. The molecule has 0 spiro atoms. The fourth-order valence-electron chi connectivity index (χ4n) is 1.57. The third-order valence-electron chi connectivity index (χ3n) is 2.72. The molecule has 13 heavy (non-hydrogen) atoms. The summed E-state index contributed by atoms with van der Waals surface area (Å²) in [7, 11) is -3.03. The summed E-state index contributed by atoms with van der Waals surface area (Å²) in [5.41, 5.74) is 0. The Bertz CT molecular complexity index is 266. The van der Waals surface area contributed by atoms with E-state index in [1.807, 2.05) is 0 Å². The van der Waals surface area contributed by atoms with Gasteiger partial charge >= 0.3 is 0 Å². The van der Waals surface area contributed by atoms with Gasteiger partial charge in [-0.3, -0.25) is 0 Å². The van der Waals surface area contributed by atoms with Crippen LogP contribution in [0.1, 0.15) is 19.3 Å². The molecule has 0 radical (unpaired) electrons. The van der Waals surface area contributed by atoms with Crippen LogP contribution in [0.3, 0.4) is 0 Å². The zero-order valence-electron chi connectivity index (χ0n) is 7.62. The van der Waals surface area contributed by atoms with Crippen LogP contribution in [0, 0.1) is 5.92 Å². The van der Waals surface area contributed by atoms with Crippen molar-refractivity contribution in [2.45, 2.75) is 24.5 Å². The normalized spacial score (nSPS) is 29.4.